The van der Waals surface area contributed by atoms with Gasteiger partial charge in [0.15, 0.2) is 0 Å². The number of ketones is 1. The molecular weight excluding hydrogens is 486 g/mol. The van der Waals surface area contributed by atoms with Crippen molar-refractivity contribution in [3.05, 3.63) is 0 Å². The average Bonchev–Trinajstić information content (AvgIpc) is 3.28. The normalized spacial score (nSPS) is 39.1. The van der Waals surface area contributed by atoms with Crippen molar-refractivity contribution >= 4 is 29.5 Å². The number of fused-ring (bicyclic) bond motifs is 1. The second-order valence-electron chi connectivity index (χ2n) is 11.6. The molecule has 3 fully saturated rings. The number of nitrogens with one attached hydrogen (secondary N) is 3. The van der Waals surface area contributed by atoms with Gasteiger partial charge in [-0.05, 0) is 61.9 Å². The molecule has 10 heteroatoms. The van der Waals surface area contributed by atoms with E-state index in [0.29, 0.717) is 0 Å². The molecule has 2 saturated carbocycles. The zero-order chi connectivity index (χ0) is 44.4. The van der Waals surface area contributed by atoms with E-state index in [0.717, 1.165) is 4.90 Å². The number of nitrogens with two attached hydrogens (primary N) is 1. The summed E-state index contributed by atoms with van der Waals surface area (Å²) in [6.07, 6.45) is -15.0. The lowest BCUT2D eigenvalue weighted by molar-refractivity contribution is -0.144. The fourth-order valence-electron chi connectivity index (χ4n) is 5.07. The van der Waals surface area contributed by atoms with E-state index in [9.17, 15) is 24.0 Å². The first-order valence-corrected chi connectivity index (χ1v) is 12.0. The summed E-state index contributed by atoms with van der Waals surface area (Å²) >= 11 is 0. The van der Waals surface area contributed by atoms with Crippen molar-refractivity contribution < 1.29 is 48.6 Å². The molecule has 0 radical (unpaired) electrons. The summed E-state index contributed by atoms with van der Waals surface area (Å²) in [6, 6.07) is -7.98. The van der Waals surface area contributed by atoms with Crippen molar-refractivity contribution in [2.45, 2.75) is 111 Å². The maximum Gasteiger partial charge on any atom is 0.315 e. The number of likely N-dealkylation sites (tertiary alicyclic amines) is 1. The number of carbonyl (C=O) groups excluding carboxylic acids is 5. The van der Waals surface area contributed by atoms with Crippen LogP contribution in [0, 0.1) is 28.6 Å². The van der Waals surface area contributed by atoms with Crippen molar-refractivity contribution in [3.63, 3.8) is 0 Å². The number of primary amides is 1. The highest BCUT2D eigenvalue weighted by Crippen LogP contribution is 2.65. The number of carbonyl (C=O) groups is 5. The maximum absolute atomic E-state index is 14.4. The molecule has 10 nitrogen and oxygen atoms in total. The summed E-state index contributed by atoms with van der Waals surface area (Å²) in [5, 5.41) is 5.64. The highest BCUT2D eigenvalue weighted by molar-refractivity contribution is 6.37. The Bertz CT molecular complexity index is 1600. The molecule has 5 atom stereocenters. The highest BCUT2D eigenvalue weighted by Gasteiger charge is 2.69. The van der Waals surface area contributed by atoms with E-state index in [1.807, 2.05) is 5.32 Å². The minimum Gasteiger partial charge on any atom is -0.363 e. The lowest BCUT2D eigenvalue weighted by Crippen LogP contribution is -2.60. The Kier molecular flexibility index (Phi) is 3.76. The number of urea groups is 1. The van der Waals surface area contributed by atoms with E-state index >= 15 is 0 Å². The fourth-order valence-corrected chi connectivity index (χ4v) is 5.07. The van der Waals surface area contributed by atoms with Gasteiger partial charge in [0.2, 0.25) is 17.6 Å². The van der Waals surface area contributed by atoms with E-state index in [-0.39, 0.29) is 13.0 Å². The first kappa shape index (κ1) is 13.6. The number of piperidine rings is 1. The van der Waals surface area contributed by atoms with Gasteiger partial charge in [-0.25, -0.2) is 4.79 Å². The minimum absolute atomic E-state index is 0.225. The van der Waals surface area contributed by atoms with Crippen LogP contribution >= 0.6 is 0 Å². The Balaban J connectivity index is 2.09. The van der Waals surface area contributed by atoms with Crippen LogP contribution in [0.5, 0.6) is 0 Å². The summed E-state index contributed by atoms with van der Waals surface area (Å²) in [6.45, 7) is -3.55. The molecule has 0 aromatic carbocycles. The molecule has 1 unspecified atom stereocenters. The molecule has 0 aromatic heterocycles. The van der Waals surface area contributed by atoms with Crippen molar-refractivity contribution in [3.8, 4) is 0 Å². The van der Waals surface area contributed by atoms with Crippen molar-refractivity contribution in [2.24, 2.45) is 34.3 Å². The van der Waals surface area contributed by atoms with E-state index in [2.05, 4.69) is 5.32 Å². The number of rotatable bonds is 9. The predicted molar refractivity (Wildman–Crippen MR) is 144 cm³/mol. The largest absolute Gasteiger partial charge is 0.363 e. The van der Waals surface area contributed by atoms with Crippen LogP contribution in [0.4, 0.5) is 4.79 Å². The van der Waals surface area contributed by atoms with Crippen molar-refractivity contribution in [2.75, 3.05) is 6.54 Å². The van der Waals surface area contributed by atoms with Crippen molar-refractivity contribution in [1.29, 1.82) is 0 Å². The van der Waals surface area contributed by atoms with Crippen LogP contribution in [0.2, 0.25) is 0 Å². The zero-order valence-corrected chi connectivity index (χ0v) is 21.9. The van der Waals surface area contributed by atoms with Gasteiger partial charge in [-0.3, -0.25) is 19.2 Å². The Morgan fingerprint density at radius 2 is 1.76 bits per heavy atom. The van der Waals surface area contributed by atoms with E-state index in [1.54, 1.807) is 39.9 Å². The van der Waals surface area contributed by atoms with Crippen LogP contribution in [0.25, 0.3) is 0 Å². The van der Waals surface area contributed by atoms with Gasteiger partial charge in [0, 0.05) is 36.8 Å². The molecule has 2 aliphatic carbocycles. The molecule has 3 aliphatic rings. The topological polar surface area (TPSA) is 151 Å². The second-order valence-corrected chi connectivity index (χ2v) is 11.6. The first-order valence-electron chi connectivity index (χ1n) is 21.0. The van der Waals surface area contributed by atoms with Gasteiger partial charge in [0.25, 0.3) is 5.91 Å². The third-order valence-electron chi connectivity index (χ3n) is 6.94. The van der Waals surface area contributed by atoms with Crippen molar-refractivity contribution in [1.82, 2.24) is 20.9 Å². The molecule has 0 aromatic rings. The van der Waals surface area contributed by atoms with Crippen LogP contribution in [-0.2, 0) is 19.2 Å². The summed E-state index contributed by atoms with van der Waals surface area (Å²) in [4.78, 5) is 68.2. The Labute approximate surface area is 251 Å². The molecule has 38 heavy (non-hydrogen) atoms. The summed E-state index contributed by atoms with van der Waals surface area (Å²) in [5.74, 6) is -11.3. The summed E-state index contributed by atoms with van der Waals surface area (Å²) in [7, 11) is 0. The molecule has 5 N–H and O–H groups in total. The van der Waals surface area contributed by atoms with E-state index < -0.39 is 128 Å². The molecule has 0 bridgehead atoms. The molecule has 3 rings (SSSR count). The van der Waals surface area contributed by atoms with Crippen LogP contribution in [-0.4, -0.2) is 64.6 Å². The lowest BCUT2D eigenvalue weighted by atomic mass is 9.80. The Morgan fingerprint density at radius 1 is 1.13 bits per heavy atom. The number of nitrogens with zero attached hydrogens (tertiary/aromatic N) is 1. The fraction of sp³-hybridized carbons (Fsp3) is 0.821. The third-order valence-corrected chi connectivity index (χ3v) is 6.94. The molecule has 1 aliphatic heterocycles. The minimum atomic E-state index is -3.89. The predicted octanol–water partition coefficient (Wildman–Crippen LogP) is 2.10. The van der Waals surface area contributed by atoms with Gasteiger partial charge >= 0.3 is 6.03 Å². The van der Waals surface area contributed by atoms with Gasteiger partial charge in [0.1, 0.15) is 12.1 Å². The highest BCUT2D eigenvalue weighted by atomic mass is 16.2. The van der Waals surface area contributed by atoms with Gasteiger partial charge in [-0.1, -0.05) is 53.7 Å². The van der Waals surface area contributed by atoms with Gasteiger partial charge in [-0.2, -0.15) is 0 Å². The SMILES string of the molecule is [2H]C([2H])([2H])C(NC(=O)N[C@@H](CC(C)(C)C)C(=O)N1C[C@H]2[C@@H]([C@H]1C(=O)NC(C(=O)C(N)=O)C([2H])([2H])C1([2H])C([2H])([2H])C([2H])([2H])C1([2H])[2H])C2(C)C)(C([2H])([2H])[2H])C([2H])([2H])[2H]. The molecular formula is C28H47N5O5. The molecule has 0 spiro atoms. The standard InChI is InChI=1S/C28H47N5O5/c1-26(2,3)13-18(31-25(38)32-27(4,5)6)24(37)33-14-16-19(28(16,7)8)20(33)23(36)30-17(21(34)22(29)35)12-15-10-9-11-15/h15-20H,9-14H2,1-8H3,(H2,29,35)(H,30,36)(H2,31,32,38)/t16-,17?,18-,19-,20-/m0/s1/i4D3,5D3,6D3,9D2,10D2,11D2,12D2,15D. The average molecular weight is 552 g/mol. The molecule has 5 amide bonds. The lowest BCUT2D eigenvalue weighted by Gasteiger charge is -2.36. The van der Waals surface area contributed by atoms with Crippen LogP contribution in [0.3, 0.4) is 0 Å². The van der Waals surface area contributed by atoms with Crippen LogP contribution in [0.1, 0.15) is 112 Å². The van der Waals surface area contributed by atoms with E-state index in [1.165, 1.54) is 0 Å². The zero-order valence-electron chi connectivity index (χ0n) is 39.9. The Morgan fingerprint density at radius 3 is 2.32 bits per heavy atom. The van der Waals surface area contributed by atoms with Gasteiger partial charge < -0.3 is 26.6 Å². The molecule has 1 saturated heterocycles. The monoisotopic (exact) mass is 551 g/mol. The maximum atomic E-state index is 14.4. The third kappa shape index (κ3) is 6.86. The molecule has 1 heterocycles. The first-order chi connectivity index (χ1) is 24.5. The Hall–Kier alpha value is -2.65. The van der Waals surface area contributed by atoms with E-state index in [4.69, 9.17) is 30.4 Å². The number of Topliss-reactive ketones (excluding diaryl/α,β-unsaturated/α-hetero) is 1. The smallest absolute Gasteiger partial charge is 0.315 e. The van der Waals surface area contributed by atoms with Crippen LogP contribution in [0.15, 0.2) is 0 Å². The number of amides is 5. The summed E-state index contributed by atoms with van der Waals surface area (Å²) in [5.41, 5.74) is -0.256. The van der Waals surface area contributed by atoms with Gasteiger partial charge in [-0.15, -0.1) is 0 Å². The quantitative estimate of drug-likeness (QED) is 0.324. The second kappa shape index (κ2) is 10.5. The van der Waals surface area contributed by atoms with Crippen LogP contribution < -0.4 is 21.7 Å². The molecule has 214 valence electrons. The summed E-state index contributed by atoms with van der Waals surface area (Å²) < 4.78 is 144. The van der Waals surface area contributed by atoms with Gasteiger partial charge in [0.05, 0.1) is 6.04 Å². The number of hydrogen-bond donors (Lipinski definition) is 4. The number of hydrogen-bond acceptors (Lipinski definition) is 5.